The fraction of sp³-hybridized carbons (Fsp3) is 0.333. The fourth-order valence-corrected chi connectivity index (χ4v) is 2.84. The molecule has 3 heteroatoms. The van der Waals surface area contributed by atoms with E-state index in [4.69, 9.17) is 10.5 Å². The zero-order valence-corrected chi connectivity index (χ0v) is 11.8. The fourth-order valence-electron chi connectivity index (χ4n) is 1.96. The van der Waals surface area contributed by atoms with Crippen LogP contribution in [0.2, 0.25) is 0 Å². The van der Waals surface area contributed by atoms with E-state index >= 15 is 0 Å². The molecule has 2 aromatic rings. The summed E-state index contributed by atoms with van der Waals surface area (Å²) in [5.41, 5.74) is 9.84. The first-order chi connectivity index (χ1) is 8.59. The average molecular weight is 261 g/mol. The van der Waals surface area contributed by atoms with Crippen molar-refractivity contribution in [3.05, 3.63) is 51.7 Å². The Hall–Kier alpha value is -1.32. The van der Waals surface area contributed by atoms with E-state index in [9.17, 15) is 0 Å². The van der Waals surface area contributed by atoms with Gasteiger partial charge in [-0.3, -0.25) is 0 Å². The number of para-hydroxylation sites is 1. The molecule has 0 spiro atoms. The lowest BCUT2D eigenvalue weighted by molar-refractivity contribution is 0.239. The summed E-state index contributed by atoms with van der Waals surface area (Å²) in [7, 11) is 0. The highest BCUT2D eigenvalue weighted by Crippen LogP contribution is 2.31. The van der Waals surface area contributed by atoms with E-state index in [1.54, 1.807) is 11.3 Å². The first-order valence-electron chi connectivity index (χ1n) is 6.13. The van der Waals surface area contributed by atoms with Crippen LogP contribution in [0, 0.1) is 6.92 Å². The van der Waals surface area contributed by atoms with Gasteiger partial charge in [0.2, 0.25) is 0 Å². The molecule has 0 bridgehead atoms. The Morgan fingerprint density at radius 2 is 1.83 bits per heavy atom. The zero-order chi connectivity index (χ0) is 13.1. The van der Waals surface area contributed by atoms with Gasteiger partial charge in [0.05, 0.1) is 12.1 Å². The minimum absolute atomic E-state index is 0.119. The molecule has 0 aliphatic heterocycles. The molecule has 1 aromatic heterocycles. The highest BCUT2D eigenvalue weighted by molar-refractivity contribution is 7.08. The van der Waals surface area contributed by atoms with Gasteiger partial charge in [0.1, 0.15) is 5.75 Å². The molecule has 0 aliphatic carbocycles. The first kappa shape index (κ1) is 13.1. The third-order valence-corrected chi connectivity index (χ3v) is 3.73. The SMILES string of the molecule is Cc1cscc1C(N)c1ccccc1OC(C)C. The summed E-state index contributed by atoms with van der Waals surface area (Å²) in [5.74, 6) is 0.880. The van der Waals surface area contributed by atoms with Gasteiger partial charge in [0.25, 0.3) is 0 Å². The summed E-state index contributed by atoms with van der Waals surface area (Å²) in [6.07, 6.45) is 0.155. The molecule has 0 saturated carbocycles. The predicted octanol–water partition coefficient (Wildman–Crippen LogP) is 3.89. The van der Waals surface area contributed by atoms with Crippen molar-refractivity contribution in [2.24, 2.45) is 5.73 Å². The van der Waals surface area contributed by atoms with Gasteiger partial charge in [-0.05, 0) is 48.7 Å². The lowest BCUT2D eigenvalue weighted by Gasteiger charge is -2.18. The van der Waals surface area contributed by atoms with Crippen molar-refractivity contribution < 1.29 is 4.74 Å². The van der Waals surface area contributed by atoms with Crippen LogP contribution in [0.4, 0.5) is 0 Å². The summed E-state index contributed by atoms with van der Waals surface area (Å²) in [6.45, 7) is 6.15. The highest BCUT2D eigenvalue weighted by Gasteiger charge is 2.16. The van der Waals surface area contributed by atoms with Crippen LogP contribution in [-0.2, 0) is 0 Å². The van der Waals surface area contributed by atoms with E-state index in [0.29, 0.717) is 0 Å². The van der Waals surface area contributed by atoms with E-state index < -0.39 is 0 Å². The van der Waals surface area contributed by atoms with Gasteiger partial charge in [-0.1, -0.05) is 18.2 Å². The van der Waals surface area contributed by atoms with Crippen LogP contribution in [0.5, 0.6) is 5.75 Å². The number of ether oxygens (including phenoxy) is 1. The van der Waals surface area contributed by atoms with E-state index in [2.05, 4.69) is 17.7 Å². The molecule has 96 valence electrons. The van der Waals surface area contributed by atoms with Crippen molar-refractivity contribution in [1.82, 2.24) is 0 Å². The predicted molar refractivity (Wildman–Crippen MR) is 77.3 cm³/mol. The van der Waals surface area contributed by atoms with Gasteiger partial charge in [0.15, 0.2) is 0 Å². The van der Waals surface area contributed by atoms with Crippen molar-refractivity contribution in [3.8, 4) is 5.75 Å². The zero-order valence-electron chi connectivity index (χ0n) is 11.0. The number of thiophene rings is 1. The Labute approximate surface area is 112 Å². The summed E-state index contributed by atoms with van der Waals surface area (Å²) < 4.78 is 5.83. The van der Waals surface area contributed by atoms with Crippen LogP contribution >= 0.6 is 11.3 Å². The molecular weight excluding hydrogens is 242 g/mol. The smallest absolute Gasteiger partial charge is 0.124 e. The molecule has 0 saturated heterocycles. The minimum Gasteiger partial charge on any atom is -0.491 e. The molecule has 2 N–H and O–H groups in total. The van der Waals surface area contributed by atoms with E-state index in [0.717, 1.165) is 11.3 Å². The molecule has 0 radical (unpaired) electrons. The van der Waals surface area contributed by atoms with Gasteiger partial charge < -0.3 is 10.5 Å². The van der Waals surface area contributed by atoms with E-state index in [-0.39, 0.29) is 12.1 Å². The Bertz CT molecular complexity index is 519. The van der Waals surface area contributed by atoms with Crippen molar-refractivity contribution in [2.75, 3.05) is 0 Å². The van der Waals surface area contributed by atoms with E-state index in [1.165, 1.54) is 11.1 Å². The molecule has 2 nitrogen and oxygen atoms in total. The normalized spacial score (nSPS) is 12.7. The van der Waals surface area contributed by atoms with Crippen LogP contribution in [0.15, 0.2) is 35.0 Å². The third-order valence-electron chi connectivity index (χ3n) is 2.85. The van der Waals surface area contributed by atoms with Crippen molar-refractivity contribution in [1.29, 1.82) is 0 Å². The molecule has 18 heavy (non-hydrogen) atoms. The second kappa shape index (κ2) is 5.55. The molecule has 1 aromatic carbocycles. The first-order valence-corrected chi connectivity index (χ1v) is 7.07. The molecule has 0 amide bonds. The molecular formula is C15H19NOS. The lowest BCUT2D eigenvalue weighted by atomic mass is 9.98. The lowest BCUT2D eigenvalue weighted by Crippen LogP contribution is -2.15. The monoisotopic (exact) mass is 261 g/mol. The Morgan fingerprint density at radius 3 is 2.44 bits per heavy atom. The van der Waals surface area contributed by atoms with Gasteiger partial charge in [-0.25, -0.2) is 0 Å². The standard InChI is InChI=1S/C15H19NOS/c1-10(2)17-14-7-5-4-6-12(14)15(16)13-9-18-8-11(13)3/h4-10,15H,16H2,1-3H3. The second-order valence-corrected chi connectivity index (χ2v) is 5.44. The van der Waals surface area contributed by atoms with Crippen LogP contribution < -0.4 is 10.5 Å². The molecule has 0 aliphatic rings. The Balaban J connectivity index is 2.36. The van der Waals surface area contributed by atoms with Gasteiger partial charge >= 0.3 is 0 Å². The van der Waals surface area contributed by atoms with Crippen molar-refractivity contribution in [3.63, 3.8) is 0 Å². The number of hydrogen-bond acceptors (Lipinski definition) is 3. The van der Waals surface area contributed by atoms with Crippen molar-refractivity contribution >= 4 is 11.3 Å². The molecule has 0 fully saturated rings. The van der Waals surface area contributed by atoms with Crippen LogP contribution in [0.3, 0.4) is 0 Å². The highest BCUT2D eigenvalue weighted by atomic mass is 32.1. The third kappa shape index (κ3) is 2.74. The minimum atomic E-state index is -0.119. The second-order valence-electron chi connectivity index (χ2n) is 4.69. The molecule has 1 heterocycles. The van der Waals surface area contributed by atoms with Gasteiger partial charge in [-0.15, -0.1) is 0 Å². The summed E-state index contributed by atoms with van der Waals surface area (Å²) in [5, 5.41) is 4.24. The molecule has 1 atom stereocenters. The average Bonchev–Trinajstić information content (AvgIpc) is 2.74. The molecule has 2 rings (SSSR count). The quantitative estimate of drug-likeness (QED) is 0.906. The Morgan fingerprint density at radius 1 is 1.11 bits per heavy atom. The number of nitrogens with two attached hydrogens (primary N) is 1. The van der Waals surface area contributed by atoms with Gasteiger partial charge in [-0.2, -0.15) is 11.3 Å². The summed E-state index contributed by atoms with van der Waals surface area (Å²) in [6, 6.07) is 7.89. The summed E-state index contributed by atoms with van der Waals surface area (Å²) in [4.78, 5) is 0. The van der Waals surface area contributed by atoms with E-state index in [1.807, 2.05) is 38.1 Å². The number of aryl methyl sites for hydroxylation is 1. The van der Waals surface area contributed by atoms with Crippen LogP contribution in [0.25, 0.3) is 0 Å². The summed E-state index contributed by atoms with van der Waals surface area (Å²) >= 11 is 1.69. The molecule has 1 unspecified atom stereocenters. The topological polar surface area (TPSA) is 35.2 Å². The maximum Gasteiger partial charge on any atom is 0.124 e. The van der Waals surface area contributed by atoms with Gasteiger partial charge in [0, 0.05) is 5.56 Å². The number of hydrogen-bond donors (Lipinski definition) is 1. The van der Waals surface area contributed by atoms with Crippen LogP contribution in [0.1, 0.15) is 36.6 Å². The maximum atomic E-state index is 6.36. The number of rotatable bonds is 4. The maximum absolute atomic E-state index is 6.36. The largest absolute Gasteiger partial charge is 0.491 e. The number of benzene rings is 1. The van der Waals surface area contributed by atoms with Crippen LogP contribution in [-0.4, -0.2) is 6.10 Å². The van der Waals surface area contributed by atoms with Crippen molar-refractivity contribution in [2.45, 2.75) is 32.9 Å². The Kier molecular flexibility index (Phi) is 4.04.